The van der Waals surface area contributed by atoms with Crippen molar-refractivity contribution < 1.29 is 19.1 Å². The highest BCUT2D eigenvalue weighted by Gasteiger charge is 2.29. The van der Waals surface area contributed by atoms with E-state index in [-0.39, 0.29) is 12.5 Å². The normalized spacial score (nSPS) is 17.9. The van der Waals surface area contributed by atoms with Crippen LogP contribution in [0.25, 0.3) is 0 Å². The van der Waals surface area contributed by atoms with Crippen molar-refractivity contribution >= 4 is 29.3 Å². The number of fused-ring (bicyclic) bond motifs is 1. The minimum atomic E-state index is -0.858. The fourth-order valence-electron chi connectivity index (χ4n) is 1.77. The molecule has 21 heavy (non-hydrogen) atoms. The zero-order valence-electron chi connectivity index (χ0n) is 12.0. The average Bonchev–Trinajstić information content (AvgIpc) is 2.48. The molecule has 114 valence electrons. The summed E-state index contributed by atoms with van der Waals surface area (Å²) < 4.78 is 10.6. The number of anilines is 1. The second-order valence-corrected chi connectivity index (χ2v) is 6.02. The Kier molecular flexibility index (Phi) is 4.27. The number of carbonyl (C=O) groups excluding carboxylic acids is 2. The van der Waals surface area contributed by atoms with Crippen LogP contribution in [0.2, 0.25) is 5.02 Å². The molecule has 1 aliphatic rings. The first-order valence-corrected chi connectivity index (χ1v) is 6.86. The molecule has 2 rings (SSSR count). The van der Waals surface area contributed by atoms with E-state index in [2.05, 4.69) is 10.6 Å². The Morgan fingerprint density at radius 1 is 1.48 bits per heavy atom. The van der Waals surface area contributed by atoms with Gasteiger partial charge in [-0.05, 0) is 32.9 Å². The highest BCUT2D eigenvalue weighted by molar-refractivity contribution is 6.32. The molecule has 1 heterocycles. The summed E-state index contributed by atoms with van der Waals surface area (Å²) >= 11 is 6.01. The second kappa shape index (κ2) is 5.81. The summed E-state index contributed by atoms with van der Waals surface area (Å²) in [5, 5.41) is 5.54. The van der Waals surface area contributed by atoms with Gasteiger partial charge in [0.25, 0.3) is 5.91 Å². The zero-order chi connectivity index (χ0) is 15.6. The van der Waals surface area contributed by atoms with E-state index < -0.39 is 17.7 Å². The van der Waals surface area contributed by atoms with Crippen LogP contribution in [-0.4, -0.2) is 30.3 Å². The van der Waals surface area contributed by atoms with Crippen molar-refractivity contribution in [1.82, 2.24) is 5.32 Å². The molecule has 1 atom stereocenters. The lowest BCUT2D eigenvalue weighted by atomic mass is 10.2. The molecule has 0 spiro atoms. The van der Waals surface area contributed by atoms with Gasteiger partial charge >= 0.3 is 6.09 Å². The number of para-hydroxylation sites is 1. The number of benzene rings is 1. The Balaban J connectivity index is 2.07. The van der Waals surface area contributed by atoms with Crippen LogP contribution in [0.5, 0.6) is 5.75 Å². The van der Waals surface area contributed by atoms with E-state index in [0.29, 0.717) is 16.5 Å². The average molecular weight is 313 g/mol. The van der Waals surface area contributed by atoms with Gasteiger partial charge in [-0.1, -0.05) is 17.7 Å². The van der Waals surface area contributed by atoms with Crippen molar-refractivity contribution in [3.8, 4) is 5.75 Å². The Labute approximate surface area is 127 Å². The number of amides is 2. The summed E-state index contributed by atoms with van der Waals surface area (Å²) in [7, 11) is 0. The molecule has 0 saturated carbocycles. The molecule has 0 aliphatic carbocycles. The number of ether oxygens (including phenoxy) is 2. The molecule has 0 saturated heterocycles. The molecule has 0 fully saturated rings. The van der Waals surface area contributed by atoms with Crippen LogP contribution in [0.15, 0.2) is 18.2 Å². The van der Waals surface area contributed by atoms with Crippen LogP contribution in [-0.2, 0) is 9.53 Å². The van der Waals surface area contributed by atoms with Crippen molar-refractivity contribution in [1.29, 1.82) is 0 Å². The van der Waals surface area contributed by atoms with E-state index in [9.17, 15) is 9.59 Å². The first-order chi connectivity index (χ1) is 9.76. The van der Waals surface area contributed by atoms with E-state index in [0.717, 1.165) is 0 Å². The highest BCUT2D eigenvalue weighted by atomic mass is 35.5. The van der Waals surface area contributed by atoms with Gasteiger partial charge in [0, 0.05) is 0 Å². The van der Waals surface area contributed by atoms with Crippen LogP contribution in [0.3, 0.4) is 0 Å². The lowest BCUT2D eigenvalue weighted by molar-refractivity contribution is -0.118. The van der Waals surface area contributed by atoms with Gasteiger partial charge in [-0.3, -0.25) is 4.79 Å². The van der Waals surface area contributed by atoms with Crippen LogP contribution in [0.1, 0.15) is 20.8 Å². The van der Waals surface area contributed by atoms with Gasteiger partial charge in [0.1, 0.15) is 18.2 Å². The standard InChI is InChI=1S/C14H17ClN2O4/c1-14(2,3)21-13(19)17-10-7-20-11-8(15)5-4-6-9(11)16-12(10)18/h4-6,10H,7H2,1-3H3,(H,16,18)(H,17,19). The Bertz CT molecular complexity index is 569. The third-order valence-electron chi connectivity index (χ3n) is 2.63. The van der Waals surface area contributed by atoms with Crippen molar-refractivity contribution in [3.05, 3.63) is 23.2 Å². The van der Waals surface area contributed by atoms with Gasteiger partial charge < -0.3 is 20.1 Å². The molecule has 1 aromatic rings. The maximum Gasteiger partial charge on any atom is 0.408 e. The summed E-state index contributed by atoms with van der Waals surface area (Å²) in [6.07, 6.45) is -0.677. The summed E-state index contributed by atoms with van der Waals surface area (Å²) in [4.78, 5) is 23.8. The number of nitrogens with one attached hydrogen (secondary N) is 2. The predicted octanol–water partition coefficient (Wildman–Crippen LogP) is 2.56. The molecule has 2 amide bonds. The number of hydrogen-bond acceptors (Lipinski definition) is 4. The molecule has 1 aliphatic heterocycles. The van der Waals surface area contributed by atoms with Gasteiger partial charge in [0.2, 0.25) is 0 Å². The first kappa shape index (κ1) is 15.4. The molecular weight excluding hydrogens is 296 g/mol. The third kappa shape index (κ3) is 4.01. The number of carbonyl (C=O) groups is 2. The van der Waals surface area contributed by atoms with E-state index in [1.807, 2.05) is 0 Å². The van der Waals surface area contributed by atoms with Crippen LogP contribution in [0, 0.1) is 0 Å². The van der Waals surface area contributed by atoms with Crippen molar-refractivity contribution in [2.75, 3.05) is 11.9 Å². The number of hydrogen-bond donors (Lipinski definition) is 2. The molecule has 1 aromatic carbocycles. The number of alkyl carbamates (subject to hydrolysis) is 1. The lowest BCUT2D eigenvalue weighted by Crippen LogP contribution is -2.48. The van der Waals surface area contributed by atoms with Crippen molar-refractivity contribution in [2.24, 2.45) is 0 Å². The van der Waals surface area contributed by atoms with Gasteiger partial charge in [0.15, 0.2) is 5.75 Å². The molecule has 0 bridgehead atoms. The number of rotatable bonds is 1. The minimum absolute atomic E-state index is 0.0260. The Hall–Kier alpha value is -1.95. The molecule has 2 N–H and O–H groups in total. The van der Waals surface area contributed by atoms with E-state index >= 15 is 0 Å². The summed E-state index contributed by atoms with van der Waals surface area (Å²) in [6, 6.07) is 4.18. The second-order valence-electron chi connectivity index (χ2n) is 5.62. The summed E-state index contributed by atoms with van der Waals surface area (Å²) in [6.45, 7) is 5.20. The van der Waals surface area contributed by atoms with Crippen LogP contribution in [0.4, 0.5) is 10.5 Å². The van der Waals surface area contributed by atoms with Gasteiger partial charge in [-0.15, -0.1) is 0 Å². The largest absolute Gasteiger partial charge is 0.487 e. The Morgan fingerprint density at radius 2 is 2.19 bits per heavy atom. The SMILES string of the molecule is CC(C)(C)OC(=O)NC1COc2c(Cl)cccc2NC1=O. The summed E-state index contributed by atoms with van der Waals surface area (Å²) in [5.74, 6) is 0.00267. The molecule has 6 nitrogen and oxygen atoms in total. The van der Waals surface area contributed by atoms with E-state index in [1.165, 1.54) is 0 Å². The quantitative estimate of drug-likeness (QED) is 0.835. The topological polar surface area (TPSA) is 76.7 Å². The number of halogens is 1. The van der Waals surface area contributed by atoms with Crippen LogP contribution < -0.4 is 15.4 Å². The van der Waals surface area contributed by atoms with Gasteiger partial charge in [-0.25, -0.2) is 4.79 Å². The van der Waals surface area contributed by atoms with Gasteiger partial charge in [0.05, 0.1) is 10.7 Å². The maximum absolute atomic E-state index is 12.1. The molecule has 7 heteroatoms. The molecule has 0 aromatic heterocycles. The predicted molar refractivity (Wildman–Crippen MR) is 78.7 cm³/mol. The minimum Gasteiger partial charge on any atom is -0.487 e. The summed E-state index contributed by atoms with van der Waals surface area (Å²) in [5.41, 5.74) is -0.167. The van der Waals surface area contributed by atoms with Crippen molar-refractivity contribution in [3.63, 3.8) is 0 Å². The first-order valence-electron chi connectivity index (χ1n) is 6.48. The van der Waals surface area contributed by atoms with Crippen LogP contribution >= 0.6 is 11.6 Å². The monoisotopic (exact) mass is 312 g/mol. The smallest absolute Gasteiger partial charge is 0.408 e. The fourth-order valence-corrected chi connectivity index (χ4v) is 2.00. The maximum atomic E-state index is 12.1. The van der Waals surface area contributed by atoms with E-state index in [1.54, 1.807) is 39.0 Å². The van der Waals surface area contributed by atoms with E-state index in [4.69, 9.17) is 21.1 Å². The van der Waals surface area contributed by atoms with Gasteiger partial charge in [-0.2, -0.15) is 0 Å². The molecular formula is C14H17ClN2O4. The Morgan fingerprint density at radius 3 is 2.86 bits per heavy atom. The highest BCUT2D eigenvalue weighted by Crippen LogP contribution is 2.34. The zero-order valence-corrected chi connectivity index (χ0v) is 12.8. The van der Waals surface area contributed by atoms with Crippen molar-refractivity contribution in [2.45, 2.75) is 32.4 Å². The molecule has 1 unspecified atom stereocenters. The fraction of sp³-hybridized carbons (Fsp3) is 0.429. The lowest BCUT2D eigenvalue weighted by Gasteiger charge is -2.22. The molecule has 0 radical (unpaired) electrons. The third-order valence-corrected chi connectivity index (χ3v) is 2.92.